The molecule has 39 heavy (non-hydrogen) atoms. The molecule has 2 aliphatic heterocycles. The molecule has 0 aliphatic carbocycles. The number of amides is 3. The minimum atomic E-state index is -0.535. The minimum Gasteiger partial charge on any atom is -0.284 e. The van der Waals surface area contributed by atoms with E-state index in [4.69, 9.17) is 4.99 Å². The van der Waals surface area contributed by atoms with Gasteiger partial charge in [0.15, 0.2) is 0 Å². The van der Waals surface area contributed by atoms with E-state index in [1.165, 1.54) is 54.6 Å². The first-order valence-electron chi connectivity index (χ1n) is 14.6. The van der Waals surface area contributed by atoms with E-state index in [1.54, 1.807) is 19.0 Å². The Hall–Kier alpha value is -3.32. The lowest BCUT2D eigenvalue weighted by Crippen LogP contribution is -2.61. The maximum atomic E-state index is 13.4. The number of hydrogen-bond acceptors (Lipinski definition) is 4. The van der Waals surface area contributed by atoms with Gasteiger partial charge in [0.25, 0.3) is 17.8 Å². The first kappa shape index (κ1) is 28.7. The van der Waals surface area contributed by atoms with Gasteiger partial charge in [-0.2, -0.15) is 0 Å². The Labute approximate surface area is 233 Å². The van der Waals surface area contributed by atoms with Crippen molar-refractivity contribution in [3.05, 3.63) is 71.8 Å². The quantitative estimate of drug-likeness (QED) is 0.224. The molecule has 2 aromatic rings. The average Bonchev–Trinajstić information content (AvgIpc) is 3.31. The van der Waals surface area contributed by atoms with Crippen LogP contribution in [0.25, 0.3) is 0 Å². The topological polar surface area (TPSA) is 59.2 Å². The summed E-state index contributed by atoms with van der Waals surface area (Å²) in [7, 11) is 3.29. The zero-order chi connectivity index (χ0) is 27.6. The molecular weight excluding hydrogens is 486 g/mol. The summed E-state index contributed by atoms with van der Waals surface area (Å²) in [5, 5.41) is 0. The standard InChI is InChI=1S/C32H44N5O2/c1-4-5-6-7-8-9-10-17-22-37-28(33-30-29(37)31(38)35(3)32(39)34(30)2)25-36(23-26-18-13-11-14-19-26)24-27-20-15-12-16-21-27/h11-16,18-21,29H,4-10,17,22-25H2,1-3H3/q+1. The van der Waals surface area contributed by atoms with Gasteiger partial charge in [-0.3, -0.25) is 19.5 Å². The van der Waals surface area contributed by atoms with Crippen molar-refractivity contribution in [3.8, 4) is 0 Å². The summed E-state index contributed by atoms with van der Waals surface area (Å²) in [6.07, 6.45) is 9.82. The molecule has 2 aliphatic rings. The zero-order valence-corrected chi connectivity index (χ0v) is 23.9. The van der Waals surface area contributed by atoms with Crippen LogP contribution in [0.1, 0.15) is 69.4 Å². The van der Waals surface area contributed by atoms with Crippen molar-refractivity contribution in [1.29, 1.82) is 0 Å². The number of amidine groups is 2. The summed E-state index contributed by atoms with van der Waals surface area (Å²) in [5.74, 6) is 1.23. The molecule has 0 N–H and O–H groups in total. The molecule has 7 nitrogen and oxygen atoms in total. The van der Waals surface area contributed by atoms with Gasteiger partial charge in [0.2, 0.25) is 0 Å². The van der Waals surface area contributed by atoms with Crippen molar-refractivity contribution in [2.45, 2.75) is 77.4 Å². The van der Waals surface area contributed by atoms with Crippen LogP contribution in [0.5, 0.6) is 0 Å². The van der Waals surface area contributed by atoms with E-state index in [9.17, 15) is 9.59 Å². The molecule has 1 fully saturated rings. The molecule has 2 heterocycles. The molecule has 0 saturated carbocycles. The molecule has 0 bridgehead atoms. The second kappa shape index (κ2) is 14.2. The zero-order valence-electron chi connectivity index (χ0n) is 23.9. The van der Waals surface area contributed by atoms with Gasteiger partial charge in [-0.25, -0.2) is 9.37 Å². The fraction of sp³-hybridized carbons (Fsp3) is 0.500. The van der Waals surface area contributed by atoms with Crippen LogP contribution in [-0.2, 0) is 17.9 Å². The third-order valence-electron chi connectivity index (χ3n) is 7.73. The van der Waals surface area contributed by atoms with Gasteiger partial charge in [0, 0.05) is 27.2 Å². The first-order valence-corrected chi connectivity index (χ1v) is 14.6. The van der Waals surface area contributed by atoms with Crippen LogP contribution in [0.2, 0.25) is 0 Å². The largest absolute Gasteiger partial charge is 0.333 e. The number of carbonyl (C=O) groups excluding carboxylic acids is 2. The van der Waals surface area contributed by atoms with Crippen LogP contribution in [0, 0.1) is 0 Å². The minimum absolute atomic E-state index is 0.191. The molecule has 2 aromatic carbocycles. The van der Waals surface area contributed by atoms with Gasteiger partial charge in [-0.15, -0.1) is 0 Å². The van der Waals surface area contributed by atoms with Crippen LogP contribution in [0.3, 0.4) is 0 Å². The van der Waals surface area contributed by atoms with E-state index in [0.717, 1.165) is 38.3 Å². The molecule has 4 rings (SSSR count). The smallest absolute Gasteiger partial charge is 0.284 e. The van der Waals surface area contributed by atoms with Gasteiger partial charge >= 0.3 is 11.9 Å². The number of likely N-dealkylation sites (N-methyl/N-ethyl adjacent to an activating group) is 2. The van der Waals surface area contributed by atoms with E-state index in [0.29, 0.717) is 12.4 Å². The van der Waals surface area contributed by atoms with Gasteiger partial charge in [-0.05, 0) is 29.0 Å². The second-order valence-corrected chi connectivity index (χ2v) is 10.8. The van der Waals surface area contributed by atoms with Gasteiger partial charge in [0.05, 0.1) is 6.54 Å². The lowest BCUT2D eigenvalue weighted by molar-refractivity contribution is -0.537. The van der Waals surface area contributed by atoms with Crippen LogP contribution in [0.15, 0.2) is 65.7 Å². The summed E-state index contributed by atoms with van der Waals surface area (Å²) in [6, 6.07) is 20.1. The third-order valence-corrected chi connectivity index (χ3v) is 7.73. The Bertz CT molecular complexity index is 1120. The molecule has 0 spiro atoms. The molecule has 0 radical (unpaired) electrons. The predicted octanol–water partition coefficient (Wildman–Crippen LogP) is 5.55. The predicted molar refractivity (Wildman–Crippen MR) is 157 cm³/mol. The molecule has 1 atom stereocenters. The number of nitrogens with zero attached hydrogens (tertiary/aromatic N) is 5. The normalized spacial score (nSPS) is 17.3. The van der Waals surface area contributed by atoms with Crippen LogP contribution in [-0.4, -0.2) is 76.1 Å². The molecule has 3 amide bonds. The van der Waals surface area contributed by atoms with E-state index in [-0.39, 0.29) is 11.9 Å². The molecule has 7 heteroatoms. The molecule has 1 saturated heterocycles. The molecule has 208 valence electrons. The van der Waals surface area contributed by atoms with Crippen LogP contribution >= 0.6 is 0 Å². The fourth-order valence-corrected chi connectivity index (χ4v) is 5.50. The Balaban J connectivity index is 1.54. The Kier molecular flexibility index (Phi) is 10.4. The number of rotatable bonds is 15. The third kappa shape index (κ3) is 7.41. The van der Waals surface area contributed by atoms with Crippen LogP contribution < -0.4 is 0 Å². The first-order chi connectivity index (χ1) is 19.0. The number of fused-ring (bicyclic) bond motifs is 1. The second-order valence-electron chi connectivity index (χ2n) is 10.8. The van der Waals surface area contributed by atoms with E-state index in [1.807, 2.05) is 12.1 Å². The number of aliphatic imine (C=N–C) groups is 1. The van der Waals surface area contributed by atoms with Crippen molar-refractivity contribution in [2.75, 3.05) is 27.2 Å². The van der Waals surface area contributed by atoms with E-state index in [2.05, 4.69) is 64.9 Å². The van der Waals surface area contributed by atoms with Crippen molar-refractivity contribution >= 4 is 23.6 Å². The summed E-state index contributed by atoms with van der Waals surface area (Å²) < 4.78 is 2.16. The number of urea groups is 1. The van der Waals surface area contributed by atoms with E-state index < -0.39 is 6.04 Å². The van der Waals surface area contributed by atoms with Crippen molar-refractivity contribution in [2.24, 2.45) is 4.99 Å². The Morgan fingerprint density at radius 2 is 1.28 bits per heavy atom. The summed E-state index contributed by atoms with van der Waals surface area (Å²) in [4.78, 5) is 36.2. The highest BCUT2D eigenvalue weighted by Gasteiger charge is 2.52. The van der Waals surface area contributed by atoms with Crippen molar-refractivity contribution in [3.63, 3.8) is 0 Å². The lowest BCUT2D eigenvalue weighted by atomic mass is 10.1. The molecular formula is C32H44N5O2+. The number of unbranched alkanes of at least 4 members (excludes halogenated alkanes) is 7. The Morgan fingerprint density at radius 3 is 1.85 bits per heavy atom. The van der Waals surface area contributed by atoms with Gasteiger partial charge < -0.3 is 0 Å². The van der Waals surface area contributed by atoms with Crippen LogP contribution in [0.4, 0.5) is 4.79 Å². The number of carbonyl (C=O) groups is 2. The van der Waals surface area contributed by atoms with Gasteiger partial charge in [0.1, 0.15) is 6.54 Å². The lowest BCUT2D eigenvalue weighted by Gasteiger charge is -2.30. The number of hydrogen-bond donors (Lipinski definition) is 0. The molecule has 1 unspecified atom stereocenters. The SMILES string of the molecule is CCCCCCCCCC[N+]1=C(CN(Cc2ccccc2)Cc2ccccc2)N=C2C1C(=O)N(C)C(=O)N2C. The highest BCUT2D eigenvalue weighted by molar-refractivity contribution is 6.23. The highest BCUT2D eigenvalue weighted by Crippen LogP contribution is 2.21. The fourth-order valence-electron chi connectivity index (χ4n) is 5.50. The monoisotopic (exact) mass is 530 g/mol. The number of imide groups is 1. The maximum absolute atomic E-state index is 13.4. The summed E-state index contributed by atoms with van der Waals surface area (Å²) in [5.41, 5.74) is 2.46. The van der Waals surface area contributed by atoms with Crippen molar-refractivity contribution < 1.29 is 14.2 Å². The number of benzene rings is 2. The Morgan fingerprint density at radius 1 is 0.744 bits per heavy atom. The molecule has 0 aromatic heterocycles. The highest BCUT2D eigenvalue weighted by atomic mass is 16.2. The van der Waals surface area contributed by atoms with E-state index >= 15 is 0 Å². The average molecular weight is 531 g/mol. The maximum Gasteiger partial charge on any atom is 0.333 e. The summed E-state index contributed by atoms with van der Waals surface area (Å²) in [6.45, 7) is 5.14. The van der Waals surface area contributed by atoms with Gasteiger partial charge in [-0.1, -0.05) is 106 Å². The summed E-state index contributed by atoms with van der Waals surface area (Å²) >= 11 is 0. The van der Waals surface area contributed by atoms with Crippen molar-refractivity contribution in [1.82, 2.24) is 14.7 Å².